The summed E-state index contributed by atoms with van der Waals surface area (Å²) >= 11 is 7.53. The summed E-state index contributed by atoms with van der Waals surface area (Å²) in [7, 11) is 1.84. The smallest absolute Gasteiger partial charge is 0.232 e. The van der Waals surface area contributed by atoms with Gasteiger partial charge in [-0.2, -0.15) is 0 Å². The fourth-order valence-electron chi connectivity index (χ4n) is 2.33. The van der Waals surface area contributed by atoms with Gasteiger partial charge in [0, 0.05) is 24.4 Å². The zero-order chi connectivity index (χ0) is 14.5. The highest BCUT2D eigenvalue weighted by molar-refractivity contribution is 7.99. The first-order chi connectivity index (χ1) is 9.54. The molecule has 0 heterocycles. The largest absolute Gasteiger partial charge is 0.393 e. The lowest BCUT2D eigenvalue weighted by atomic mass is 9.82. The van der Waals surface area contributed by atoms with Gasteiger partial charge in [-0.1, -0.05) is 23.7 Å². The second kappa shape index (κ2) is 7.34. The van der Waals surface area contributed by atoms with E-state index in [1.54, 1.807) is 16.7 Å². The van der Waals surface area contributed by atoms with Gasteiger partial charge in [0.05, 0.1) is 11.9 Å². The molecule has 1 N–H and O–H groups in total. The van der Waals surface area contributed by atoms with Crippen molar-refractivity contribution in [1.82, 2.24) is 4.90 Å². The number of benzene rings is 1. The SMILES string of the molecule is CN(CC1CC(O)C1)C(=O)CSCc1cccc(Cl)c1. The Balaban J connectivity index is 1.66. The second-order valence-corrected chi connectivity index (χ2v) is 6.81. The first kappa shape index (κ1) is 15.7. The zero-order valence-corrected chi connectivity index (χ0v) is 13.2. The summed E-state index contributed by atoms with van der Waals surface area (Å²) < 4.78 is 0. The Morgan fingerprint density at radius 3 is 2.90 bits per heavy atom. The number of aliphatic hydroxyl groups is 1. The third-order valence-corrected chi connectivity index (χ3v) is 4.78. The van der Waals surface area contributed by atoms with Crippen LogP contribution in [0.25, 0.3) is 0 Å². The van der Waals surface area contributed by atoms with Crippen molar-refractivity contribution in [1.29, 1.82) is 0 Å². The van der Waals surface area contributed by atoms with Crippen molar-refractivity contribution < 1.29 is 9.90 Å². The molecular weight excluding hydrogens is 294 g/mol. The van der Waals surface area contributed by atoms with Crippen LogP contribution in [-0.2, 0) is 10.5 Å². The van der Waals surface area contributed by atoms with Crippen LogP contribution in [0.15, 0.2) is 24.3 Å². The minimum atomic E-state index is -0.152. The molecule has 1 saturated carbocycles. The number of aliphatic hydroxyl groups excluding tert-OH is 1. The van der Waals surface area contributed by atoms with E-state index in [1.807, 2.05) is 31.3 Å². The van der Waals surface area contributed by atoms with Crippen LogP contribution in [0.5, 0.6) is 0 Å². The molecule has 20 heavy (non-hydrogen) atoms. The minimum absolute atomic E-state index is 0.151. The maximum absolute atomic E-state index is 12.0. The number of nitrogens with zero attached hydrogens (tertiary/aromatic N) is 1. The average molecular weight is 314 g/mol. The molecule has 0 aromatic heterocycles. The van der Waals surface area contributed by atoms with Crippen LogP contribution in [0.4, 0.5) is 0 Å². The van der Waals surface area contributed by atoms with E-state index in [0.29, 0.717) is 11.7 Å². The number of hydrogen-bond acceptors (Lipinski definition) is 3. The van der Waals surface area contributed by atoms with Gasteiger partial charge < -0.3 is 10.0 Å². The number of carbonyl (C=O) groups is 1. The van der Waals surface area contributed by atoms with Gasteiger partial charge in [0.2, 0.25) is 5.91 Å². The van der Waals surface area contributed by atoms with Crippen LogP contribution >= 0.6 is 23.4 Å². The van der Waals surface area contributed by atoms with Gasteiger partial charge in [-0.25, -0.2) is 0 Å². The average Bonchev–Trinajstić information content (AvgIpc) is 2.36. The molecule has 1 aromatic carbocycles. The number of halogens is 1. The van der Waals surface area contributed by atoms with E-state index in [0.717, 1.165) is 35.7 Å². The van der Waals surface area contributed by atoms with Crippen LogP contribution in [0.1, 0.15) is 18.4 Å². The molecule has 0 saturated heterocycles. The first-order valence-corrected chi connectivity index (χ1v) is 8.32. The Morgan fingerprint density at radius 2 is 2.25 bits per heavy atom. The lowest BCUT2D eigenvalue weighted by Crippen LogP contribution is -2.40. The molecule has 0 spiro atoms. The molecule has 1 fully saturated rings. The molecule has 1 aromatic rings. The highest BCUT2D eigenvalue weighted by atomic mass is 35.5. The van der Waals surface area contributed by atoms with E-state index in [-0.39, 0.29) is 12.0 Å². The summed E-state index contributed by atoms with van der Waals surface area (Å²) in [5.41, 5.74) is 1.14. The lowest BCUT2D eigenvalue weighted by molar-refractivity contribution is -0.128. The predicted octanol–water partition coefficient (Wildman–Crippen LogP) is 2.80. The van der Waals surface area contributed by atoms with Gasteiger partial charge in [-0.15, -0.1) is 11.8 Å². The van der Waals surface area contributed by atoms with Crippen molar-refractivity contribution in [2.45, 2.75) is 24.7 Å². The summed E-state index contributed by atoms with van der Waals surface area (Å²) in [5.74, 6) is 1.90. The summed E-state index contributed by atoms with van der Waals surface area (Å²) in [5, 5.41) is 9.97. The quantitative estimate of drug-likeness (QED) is 0.878. The number of amides is 1. The van der Waals surface area contributed by atoms with Crippen molar-refractivity contribution >= 4 is 29.3 Å². The Morgan fingerprint density at radius 1 is 1.50 bits per heavy atom. The highest BCUT2D eigenvalue weighted by Crippen LogP contribution is 2.27. The minimum Gasteiger partial charge on any atom is -0.393 e. The molecule has 1 aliphatic carbocycles. The second-order valence-electron chi connectivity index (χ2n) is 5.39. The summed E-state index contributed by atoms with van der Waals surface area (Å²) in [6.45, 7) is 0.758. The first-order valence-electron chi connectivity index (χ1n) is 6.79. The molecule has 0 radical (unpaired) electrons. The maximum Gasteiger partial charge on any atom is 0.232 e. The van der Waals surface area contributed by atoms with Crippen LogP contribution in [0.3, 0.4) is 0 Å². The van der Waals surface area contributed by atoms with Gasteiger partial charge in [0.1, 0.15) is 0 Å². The normalized spacial score (nSPS) is 21.4. The van der Waals surface area contributed by atoms with E-state index in [1.165, 1.54) is 0 Å². The van der Waals surface area contributed by atoms with Gasteiger partial charge in [-0.05, 0) is 36.5 Å². The Kier molecular flexibility index (Phi) is 5.75. The van der Waals surface area contributed by atoms with Crippen molar-refractivity contribution in [3.63, 3.8) is 0 Å². The van der Waals surface area contributed by atoms with Crippen molar-refractivity contribution in [2.75, 3.05) is 19.3 Å². The fourth-order valence-corrected chi connectivity index (χ4v) is 3.46. The summed E-state index contributed by atoms with van der Waals surface area (Å²) in [6, 6.07) is 7.72. The van der Waals surface area contributed by atoms with Crippen molar-refractivity contribution in [2.24, 2.45) is 5.92 Å². The van der Waals surface area contributed by atoms with E-state index < -0.39 is 0 Å². The molecular formula is C15H20ClNO2S. The van der Waals surface area contributed by atoms with Crippen LogP contribution < -0.4 is 0 Å². The topological polar surface area (TPSA) is 40.5 Å². The van der Waals surface area contributed by atoms with Crippen LogP contribution in [0, 0.1) is 5.92 Å². The van der Waals surface area contributed by atoms with Crippen molar-refractivity contribution in [3.8, 4) is 0 Å². The molecule has 1 aliphatic rings. The number of rotatable bonds is 6. The number of thioether (sulfide) groups is 1. The summed E-state index contributed by atoms with van der Waals surface area (Å²) in [4.78, 5) is 13.8. The van der Waals surface area contributed by atoms with E-state index in [2.05, 4.69) is 0 Å². The molecule has 0 bridgehead atoms. The van der Waals surface area contributed by atoms with Gasteiger partial charge in [0.25, 0.3) is 0 Å². The molecule has 1 amide bonds. The Hall–Kier alpha value is -0.710. The molecule has 0 aliphatic heterocycles. The molecule has 0 atom stereocenters. The van der Waals surface area contributed by atoms with E-state index >= 15 is 0 Å². The van der Waals surface area contributed by atoms with Gasteiger partial charge in [0.15, 0.2) is 0 Å². The van der Waals surface area contributed by atoms with Gasteiger partial charge >= 0.3 is 0 Å². The third-order valence-electron chi connectivity index (χ3n) is 3.55. The molecule has 3 nitrogen and oxygen atoms in total. The molecule has 2 rings (SSSR count). The summed E-state index contributed by atoms with van der Waals surface area (Å²) in [6.07, 6.45) is 1.50. The Labute approximate surface area is 129 Å². The van der Waals surface area contributed by atoms with E-state index in [9.17, 15) is 9.90 Å². The lowest BCUT2D eigenvalue weighted by Gasteiger charge is -2.34. The zero-order valence-electron chi connectivity index (χ0n) is 11.6. The third kappa shape index (κ3) is 4.69. The highest BCUT2D eigenvalue weighted by Gasteiger charge is 2.28. The van der Waals surface area contributed by atoms with Gasteiger partial charge in [-0.3, -0.25) is 4.79 Å². The maximum atomic E-state index is 12.0. The van der Waals surface area contributed by atoms with E-state index in [4.69, 9.17) is 11.6 Å². The van der Waals surface area contributed by atoms with Crippen LogP contribution in [-0.4, -0.2) is 41.4 Å². The number of hydrogen-bond donors (Lipinski definition) is 1. The monoisotopic (exact) mass is 313 g/mol. The van der Waals surface area contributed by atoms with Crippen molar-refractivity contribution in [3.05, 3.63) is 34.9 Å². The molecule has 110 valence electrons. The standard InChI is InChI=1S/C15H20ClNO2S/c1-17(8-12-6-14(18)7-12)15(19)10-20-9-11-3-2-4-13(16)5-11/h2-5,12,14,18H,6-10H2,1H3. The molecule has 0 unspecified atom stereocenters. The predicted molar refractivity (Wildman–Crippen MR) is 84.0 cm³/mol. The fraction of sp³-hybridized carbons (Fsp3) is 0.533. The van der Waals surface area contributed by atoms with Crippen LogP contribution in [0.2, 0.25) is 5.02 Å². The molecule has 5 heteroatoms. The number of carbonyl (C=O) groups excluding carboxylic acids is 1. The Bertz CT molecular complexity index is 463.